The average molecular weight is 222 g/mol. The van der Waals surface area contributed by atoms with Gasteiger partial charge < -0.3 is 5.32 Å². The van der Waals surface area contributed by atoms with Gasteiger partial charge in [-0.25, -0.2) is 0 Å². The molecule has 1 aromatic carbocycles. The topological polar surface area (TPSA) is 12.0 Å². The van der Waals surface area contributed by atoms with Crippen molar-refractivity contribution in [3.05, 3.63) is 33.8 Å². The molecule has 1 aliphatic carbocycles. The van der Waals surface area contributed by atoms with Crippen LogP contribution in [0.15, 0.2) is 12.1 Å². The van der Waals surface area contributed by atoms with E-state index in [-0.39, 0.29) is 0 Å². The van der Waals surface area contributed by atoms with Crippen molar-refractivity contribution in [3.63, 3.8) is 0 Å². The van der Waals surface area contributed by atoms with E-state index in [2.05, 4.69) is 17.4 Å². The monoisotopic (exact) mass is 221 g/mol. The van der Waals surface area contributed by atoms with E-state index in [1.807, 2.05) is 0 Å². The lowest BCUT2D eigenvalue weighted by molar-refractivity contribution is 0.641. The minimum absolute atomic E-state index is 0.565. The lowest BCUT2D eigenvalue weighted by atomic mass is 9.96. The van der Waals surface area contributed by atoms with Crippen LogP contribution in [0.2, 0.25) is 5.02 Å². The van der Waals surface area contributed by atoms with E-state index in [1.54, 1.807) is 5.56 Å². The zero-order valence-electron chi connectivity index (χ0n) is 8.85. The molecule has 0 amide bonds. The molecule has 1 unspecified atom stereocenters. The predicted octanol–water partition coefficient (Wildman–Crippen LogP) is 3.25. The summed E-state index contributed by atoms with van der Waals surface area (Å²) in [6, 6.07) is 4.90. The van der Waals surface area contributed by atoms with Gasteiger partial charge >= 0.3 is 0 Å². The molecule has 0 radical (unpaired) electrons. The van der Waals surface area contributed by atoms with Crippen molar-refractivity contribution in [2.75, 3.05) is 6.54 Å². The third-order valence-electron chi connectivity index (χ3n) is 3.65. The molecule has 0 spiro atoms. The summed E-state index contributed by atoms with van der Waals surface area (Å²) in [5.74, 6) is 0. The van der Waals surface area contributed by atoms with Crippen LogP contribution in [0.4, 0.5) is 0 Å². The summed E-state index contributed by atoms with van der Waals surface area (Å²) in [5, 5.41) is 4.49. The Morgan fingerprint density at radius 2 is 2.13 bits per heavy atom. The van der Waals surface area contributed by atoms with Crippen molar-refractivity contribution in [2.24, 2.45) is 0 Å². The van der Waals surface area contributed by atoms with E-state index in [0.29, 0.717) is 6.04 Å². The quantitative estimate of drug-likeness (QED) is 0.768. The highest BCUT2D eigenvalue weighted by molar-refractivity contribution is 6.30. The van der Waals surface area contributed by atoms with Crippen LogP contribution in [-0.4, -0.2) is 6.54 Å². The number of fused-ring (bicyclic) bond motifs is 1. The molecule has 1 heterocycles. The standard InChI is InChI=1S/C13H16ClN/c14-10-7-9-3-1-4-11(9)12(8-10)13-5-2-6-15-13/h7-8,13,15H,1-6H2. The smallest absolute Gasteiger partial charge is 0.0412 e. The average Bonchev–Trinajstić information content (AvgIpc) is 2.86. The molecule has 1 N–H and O–H groups in total. The Bertz CT molecular complexity index is 380. The second kappa shape index (κ2) is 3.80. The molecular weight excluding hydrogens is 206 g/mol. The maximum absolute atomic E-state index is 6.18. The number of nitrogens with one attached hydrogen (secondary N) is 1. The molecular formula is C13H16ClN. The minimum atomic E-state index is 0.565. The number of rotatable bonds is 1. The zero-order valence-corrected chi connectivity index (χ0v) is 9.61. The van der Waals surface area contributed by atoms with E-state index in [0.717, 1.165) is 11.6 Å². The molecule has 2 heteroatoms. The molecule has 3 rings (SSSR count). The second-order valence-corrected chi connectivity index (χ2v) is 5.07. The Hall–Kier alpha value is -0.530. The fraction of sp³-hybridized carbons (Fsp3) is 0.538. The summed E-state index contributed by atoms with van der Waals surface area (Å²) < 4.78 is 0. The second-order valence-electron chi connectivity index (χ2n) is 4.64. The largest absolute Gasteiger partial charge is 0.310 e. The molecule has 0 aromatic heterocycles. The van der Waals surface area contributed by atoms with Crippen molar-refractivity contribution in [2.45, 2.75) is 38.1 Å². The van der Waals surface area contributed by atoms with Gasteiger partial charge in [-0.3, -0.25) is 0 Å². The van der Waals surface area contributed by atoms with Gasteiger partial charge in [0.2, 0.25) is 0 Å². The molecule has 15 heavy (non-hydrogen) atoms. The summed E-state index contributed by atoms with van der Waals surface area (Å²) >= 11 is 6.18. The number of aryl methyl sites for hydroxylation is 1. The third kappa shape index (κ3) is 1.68. The van der Waals surface area contributed by atoms with Gasteiger partial charge in [-0.15, -0.1) is 0 Å². The number of halogens is 1. The molecule has 1 aliphatic heterocycles. The molecule has 80 valence electrons. The Morgan fingerprint density at radius 3 is 2.93 bits per heavy atom. The first kappa shape index (κ1) is 9.68. The van der Waals surface area contributed by atoms with Crippen LogP contribution in [0.5, 0.6) is 0 Å². The fourth-order valence-corrected chi connectivity index (χ4v) is 3.21. The predicted molar refractivity (Wildman–Crippen MR) is 63.5 cm³/mol. The number of hydrogen-bond acceptors (Lipinski definition) is 1. The molecule has 1 fully saturated rings. The van der Waals surface area contributed by atoms with E-state index in [1.165, 1.54) is 43.2 Å². The Morgan fingerprint density at radius 1 is 1.20 bits per heavy atom. The van der Waals surface area contributed by atoms with Crippen LogP contribution < -0.4 is 5.32 Å². The number of benzene rings is 1. The van der Waals surface area contributed by atoms with Crippen LogP contribution in [0, 0.1) is 0 Å². The van der Waals surface area contributed by atoms with Gasteiger partial charge in [0.25, 0.3) is 0 Å². The minimum Gasteiger partial charge on any atom is -0.310 e. The summed E-state index contributed by atoms with van der Waals surface area (Å²) in [5.41, 5.74) is 4.55. The Kier molecular flexibility index (Phi) is 2.45. The van der Waals surface area contributed by atoms with Crippen molar-refractivity contribution in [3.8, 4) is 0 Å². The summed E-state index contributed by atoms with van der Waals surface area (Å²) in [6.07, 6.45) is 6.34. The third-order valence-corrected chi connectivity index (χ3v) is 3.87. The molecule has 0 bridgehead atoms. The summed E-state index contributed by atoms with van der Waals surface area (Å²) in [4.78, 5) is 0. The van der Waals surface area contributed by atoms with Crippen LogP contribution in [0.3, 0.4) is 0 Å². The fourth-order valence-electron chi connectivity index (χ4n) is 2.96. The highest BCUT2D eigenvalue weighted by Gasteiger charge is 2.23. The van der Waals surface area contributed by atoms with Gasteiger partial charge in [0, 0.05) is 11.1 Å². The van der Waals surface area contributed by atoms with Gasteiger partial charge in [-0.05, 0) is 67.5 Å². The number of hydrogen-bond donors (Lipinski definition) is 1. The van der Waals surface area contributed by atoms with Crippen molar-refractivity contribution in [1.82, 2.24) is 5.32 Å². The van der Waals surface area contributed by atoms with Crippen LogP contribution in [-0.2, 0) is 12.8 Å². The van der Waals surface area contributed by atoms with Gasteiger partial charge in [0.05, 0.1) is 0 Å². The van der Waals surface area contributed by atoms with E-state index < -0.39 is 0 Å². The maximum atomic E-state index is 6.18. The van der Waals surface area contributed by atoms with Crippen molar-refractivity contribution in [1.29, 1.82) is 0 Å². The molecule has 1 aromatic rings. The maximum Gasteiger partial charge on any atom is 0.0412 e. The lowest BCUT2D eigenvalue weighted by Crippen LogP contribution is -2.14. The SMILES string of the molecule is Clc1cc2c(c(C3CCCN3)c1)CCC2. The molecule has 1 saturated heterocycles. The van der Waals surface area contributed by atoms with Crippen LogP contribution in [0.1, 0.15) is 42.0 Å². The van der Waals surface area contributed by atoms with Crippen LogP contribution in [0.25, 0.3) is 0 Å². The van der Waals surface area contributed by atoms with Crippen LogP contribution >= 0.6 is 11.6 Å². The highest BCUT2D eigenvalue weighted by atomic mass is 35.5. The van der Waals surface area contributed by atoms with Crippen molar-refractivity contribution < 1.29 is 0 Å². The normalized spacial score (nSPS) is 24.5. The highest BCUT2D eigenvalue weighted by Crippen LogP contribution is 2.35. The van der Waals surface area contributed by atoms with Gasteiger partial charge in [0.1, 0.15) is 0 Å². The zero-order chi connectivity index (χ0) is 10.3. The first-order chi connectivity index (χ1) is 7.34. The first-order valence-corrected chi connectivity index (χ1v) is 6.27. The lowest BCUT2D eigenvalue weighted by Gasteiger charge is -2.16. The Labute approximate surface area is 95.8 Å². The van der Waals surface area contributed by atoms with E-state index >= 15 is 0 Å². The summed E-state index contributed by atoms with van der Waals surface area (Å²) in [6.45, 7) is 1.16. The molecule has 1 atom stereocenters. The van der Waals surface area contributed by atoms with Crippen molar-refractivity contribution >= 4 is 11.6 Å². The van der Waals surface area contributed by atoms with E-state index in [9.17, 15) is 0 Å². The molecule has 1 nitrogen and oxygen atoms in total. The van der Waals surface area contributed by atoms with Gasteiger partial charge in [0.15, 0.2) is 0 Å². The van der Waals surface area contributed by atoms with E-state index in [4.69, 9.17) is 11.6 Å². The Balaban J connectivity index is 2.05. The van der Waals surface area contributed by atoms with Gasteiger partial charge in [-0.2, -0.15) is 0 Å². The molecule has 0 saturated carbocycles. The summed E-state index contributed by atoms with van der Waals surface area (Å²) in [7, 11) is 0. The van der Waals surface area contributed by atoms with Gasteiger partial charge in [-0.1, -0.05) is 11.6 Å². The first-order valence-electron chi connectivity index (χ1n) is 5.89. The molecule has 2 aliphatic rings.